The first-order valence-corrected chi connectivity index (χ1v) is 7.00. The van der Waals surface area contributed by atoms with Crippen LogP contribution in [-0.4, -0.2) is 0 Å². The second-order valence-corrected chi connectivity index (χ2v) is 5.84. The molecule has 0 radical (unpaired) electrons. The minimum Gasteiger partial charge on any atom is -0.271 e. The predicted octanol–water partition coefficient (Wildman–Crippen LogP) is 3.56. The van der Waals surface area contributed by atoms with Gasteiger partial charge in [-0.15, -0.1) is 11.3 Å². The molecule has 1 unspecified atom stereocenters. The van der Waals surface area contributed by atoms with E-state index in [1.165, 1.54) is 4.88 Å². The van der Waals surface area contributed by atoms with Gasteiger partial charge >= 0.3 is 0 Å². The number of thiophene rings is 1. The van der Waals surface area contributed by atoms with E-state index in [0.717, 1.165) is 14.2 Å². The van der Waals surface area contributed by atoms with Crippen LogP contribution in [0.3, 0.4) is 0 Å². The summed E-state index contributed by atoms with van der Waals surface area (Å²) in [4.78, 5) is 1.18. The van der Waals surface area contributed by atoms with Crippen LogP contribution in [0.2, 0.25) is 5.02 Å². The van der Waals surface area contributed by atoms with E-state index in [0.29, 0.717) is 0 Å². The molecule has 0 amide bonds. The first-order chi connectivity index (χ1) is 7.72. The minimum atomic E-state index is 0.00880. The average molecular weight is 365 g/mol. The summed E-state index contributed by atoms with van der Waals surface area (Å²) in [5, 5.41) is 2.79. The van der Waals surface area contributed by atoms with E-state index in [-0.39, 0.29) is 6.04 Å². The van der Waals surface area contributed by atoms with E-state index in [2.05, 4.69) is 34.1 Å². The molecule has 0 aliphatic rings. The van der Waals surface area contributed by atoms with Gasteiger partial charge in [0, 0.05) is 8.45 Å². The molecule has 0 spiro atoms. The quantitative estimate of drug-likeness (QED) is 0.496. The summed E-state index contributed by atoms with van der Waals surface area (Å²) in [6.07, 6.45) is 0. The molecule has 1 atom stereocenters. The van der Waals surface area contributed by atoms with Crippen LogP contribution in [0.5, 0.6) is 0 Å². The SMILES string of the molecule is NNC(c1ccc(I)c(Cl)c1)c1cccs1. The summed E-state index contributed by atoms with van der Waals surface area (Å²) in [6.45, 7) is 0. The Labute approximate surface area is 117 Å². The summed E-state index contributed by atoms with van der Waals surface area (Å²) < 4.78 is 1.05. The van der Waals surface area contributed by atoms with Crippen LogP contribution >= 0.6 is 45.5 Å². The fraction of sp³-hybridized carbons (Fsp3) is 0.0909. The first kappa shape index (κ1) is 12.3. The number of rotatable bonds is 3. The monoisotopic (exact) mass is 364 g/mol. The Bertz CT molecular complexity index is 473. The van der Waals surface area contributed by atoms with Crippen molar-refractivity contribution in [1.82, 2.24) is 5.43 Å². The van der Waals surface area contributed by atoms with E-state index in [1.807, 2.05) is 29.6 Å². The maximum absolute atomic E-state index is 6.10. The first-order valence-electron chi connectivity index (χ1n) is 4.67. The standard InChI is InChI=1S/C11H10ClIN2S/c12-8-6-7(3-4-9(8)13)11(15-14)10-2-1-5-16-10/h1-6,11,15H,14H2. The molecule has 2 rings (SSSR count). The zero-order valence-corrected chi connectivity index (χ0v) is 12.0. The molecule has 1 aromatic carbocycles. The Morgan fingerprint density at radius 3 is 2.75 bits per heavy atom. The van der Waals surface area contributed by atoms with Crippen molar-refractivity contribution in [1.29, 1.82) is 0 Å². The van der Waals surface area contributed by atoms with E-state index in [9.17, 15) is 0 Å². The Balaban J connectivity index is 2.37. The molecule has 0 saturated heterocycles. The molecular weight excluding hydrogens is 355 g/mol. The predicted molar refractivity (Wildman–Crippen MR) is 77.7 cm³/mol. The number of hydrazine groups is 1. The molecule has 0 bridgehead atoms. The fourth-order valence-electron chi connectivity index (χ4n) is 1.49. The Kier molecular flexibility index (Phi) is 4.21. The summed E-state index contributed by atoms with van der Waals surface area (Å²) >= 11 is 9.99. The van der Waals surface area contributed by atoms with Gasteiger partial charge in [0.2, 0.25) is 0 Å². The highest BCUT2D eigenvalue weighted by molar-refractivity contribution is 14.1. The van der Waals surface area contributed by atoms with Crippen LogP contribution in [0.1, 0.15) is 16.5 Å². The minimum absolute atomic E-state index is 0.00880. The molecule has 2 aromatic rings. The highest BCUT2D eigenvalue weighted by Crippen LogP contribution is 2.28. The lowest BCUT2D eigenvalue weighted by Gasteiger charge is -2.15. The molecular formula is C11H10ClIN2S. The van der Waals surface area contributed by atoms with Gasteiger partial charge in [-0.25, -0.2) is 5.43 Å². The van der Waals surface area contributed by atoms with Crippen LogP contribution in [0.15, 0.2) is 35.7 Å². The van der Waals surface area contributed by atoms with Crippen LogP contribution in [-0.2, 0) is 0 Å². The highest BCUT2D eigenvalue weighted by atomic mass is 127. The normalized spacial score (nSPS) is 12.7. The lowest BCUT2D eigenvalue weighted by atomic mass is 10.1. The van der Waals surface area contributed by atoms with Gasteiger partial charge < -0.3 is 0 Å². The number of halogens is 2. The van der Waals surface area contributed by atoms with Crippen molar-refractivity contribution in [2.24, 2.45) is 5.84 Å². The molecule has 0 aliphatic heterocycles. The molecule has 84 valence electrons. The van der Waals surface area contributed by atoms with E-state index in [4.69, 9.17) is 17.4 Å². The van der Waals surface area contributed by atoms with Gasteiger partial charge in [0.25, 0.3) is 0 Å². The van der Waals surface area contributed by atoms with Crippen LogP contribution < -0.4 is 11.3 Å². The van der Waals surface area contributed by atoms with Gasteiger partial charge in [0.1, 0.15) is 0 Å². The van der Waals surface area contributed by atoms with Gasteiger partial charge in [-0.1, -0.05) is 23.7 Å². The molecule has 16 heavy (non-hydrogen) atoms. The third-order valence-corrected chi connectivity index (χ3v) is 4.78. The van der Waals surface area contributed by atoms with Crippen molar-refractivity contribution in [3.8, 4) is 0 Å². The fourth-order valence-corrected chi connectivity index (χ4v) is 2.83. The molecule has 2 nitrogen and oxygen atoms in total. The van der Waals surface area contributed by atoms with Crippen molar-refractivity contribution in [3.63, 3.8) is 0 Å². The molecule has 3 N–H and O–H groups in total. The summed E-state index contributed by atoms with van der Waals surface area (Å²) in [5.74, 6) is 5.60. The zero-order valence-electron chi connectivity index (χ0n) is 8.28. The van der Waals surface area contributed by atoms with Crippen molar-refractivity contribution in [2.45, 2.75) is 6.04 Å². The van der Waals surface area contributed by atoms with E-state index in [1.54, 1.807) is 11.3 Å². The second-order valence-electron chi connectivity index (χ2n) is 3.29. The van der Waals surface area contributed by atoms with Crippen molar-refractivity contribution >= 4 is 45.5 Å². The van der Waals surface area contributed by atoms with Crippen molar-refractivity contribution < 1.29 is 0 Å². The molecule has 0 fully saturated rings. The van der Waals surface area contributed by atoms with Gasteiger partial charge in [0.05, 0.1) is 11.1 Å². The van der Waals surface area contributed by atoms with Gasteiger partial charge in [-0.2, -0.15) is 0 Å². The topological polar surface area (TPSA) is 38.0 Å². The summed E-state index contributed by atoms with van der Waals surface area (Å²) in [5.41, 5.74) is 3.90. The maximum Gasteiger partial charge on any atom is 0.0803 e. The smallest absolute Gasteiger partial charge is 0.0803 e. The largest absolute Gasteiger partial charge is 0.271 e. The molecule has 1 heterocycles. The van der Waals surface area contributed by atoms with Crippen LogP contribution in [0.25, 0.3) is 0 Å². The number of benzene rings is 1. The highest BCUT2D eigenvalue weighted by Gasteiger charge is 2.14. The average Bonchev–Trinajstić information content (AvgIpc) is 2.78. The zero-order chi connectivity index (χ0) is 11.5. The van der Waals surface area contributed by atoms with Crippen LogP contribution in [0.4, 0.5) is 0 Å². The van der Waals surface area contributed by atoms with Gasteiger partial charge in [-0.05, 0) is 51.7 Å². The number of hydrogen-bond acceptors (Lipinski definition) is 3. The Morgan fingerprint density at radius 1 is 1.38 bits per heavy atom. The van der Waals surface area contributed by atoms with Crippen molar-refractivity contribution in [2.75, 3.05) is 0 Å². The third kappa shape index (κ3) is 2.57. The van der Waals surface area contributed by atoms with Gasteiger partial charge in [-0.3, -0.25) is 5.84 Å². The number of nitrogens with two attached hydrogens (primary N) is 1. The molecule has 5 heteroatoms. The molecule has 0 aliphatic carbocycles. The van der Waals surface area contributed by atoms with Crippen LogP contribution in [0, 0.1) is 3.57 Å². The lowest BCUT2D eigenvalue weighted by Crippen LogP contribution is -2.28. The summed E-state index contributed by atoms with van der Waals surface area (Å²) in [7, 11) is 0. The number of hydrogen-bond donors (Lipinski definition) is 2. The van der Waals surface area contributed by atoms with Gasteiger partial charge in [0.15, 0.2) is 0 Å². The maximum atomic E-state index is 6.10. The summed E-state index contributed by atoms with van der Waals surface area (Å²) in [6, 6.07) is 10.1. The lowest BCUT2D eigenvalue weighted by molar-refractivity contribution is 0.646. The third-order valence-electron chi connectivity index (χ3n) is 2.27. The number of nitrogens with one attached hydrogen (secondary N) is 1. The Hall–Kier alpha value is -0.140. The second kappa shape index (κ2) is 5.46. The van der Waals surface area contributed by atoms with Crippen molar-refractivity contribution in [3.05, 3.63) is 54.7 Å². The Morgan fingerprint density at radius 2 is 2.19 bits per heavy atom. The molecule has 0 saturated carbocycles. The van der Waals surface area contributed by atoms with E-state index < -0.39 is 0 Å². The van der Waals surface area contributed by atoms with E-state index >= 15 is 0 Å². The molecule has 1 aromatic heterocycles.